The van der Waals surface area contributed by atoms with Gasteiger partial charge in [0.1, 0.15) is 11.1 Å². The average molecular weight is 414 g/mol. The Hall–Kier alpha value is -2.23. The van der Waals surface area contributed by atoms with Gasteiger partial charge in [0.2, 0.25) is 0 Å². The maximum absolute atomic E-state index is 11.2. The van der Waals surface area contributed by atoms with Crippen molar-refractivity contribution in [2.75, 3.05) is 27.3 Å². The van der Waals surface area contributed by atoms with E-state index in [-0.39, 0.29) is 5.97 Å². The molecule has 2 atom stereocenters. The molecule has 8 N–H and O–H groups in total. The molecule has 0 amide bonds. The fourth-order valence-electron chi connectivity index (χ4n) is 2.04. The molecule has 0 radical (unpaired) electrons. The largest absolute Gasteiger partial charge is 0.468 e. The third kappa shape index (κ3) is 15.4. The van der Waals surface area contributed by atoms with Gasteiger partial charge in [0.05, 0.1) is 26.6 Å². The fraction of sp³-hybridized carbons (Fsp3) is 0.650. The minimum atomic E-state index is -0.924. The van der Waals surface area contributed by atoms with Gasteiger partial charge in [-0.25, -0.2) is 0 Å². The van der Waals surface area contributed by atoms with E-state index in [0.29, 0.717) is 38.2 Å². The first-order valence-corrected chi connectivity index (χ1v) is 9.45. The number of esters is 2. The first-order chi connectivity index (χ1) is 13.4. The molecule has 29 heavy (non-hydrogen) atoms. The molecule has 0 aromatic carbocycles. The highest BCUT2D eigenvalue weighted by Gasteiger charge is 2.28. The summed E-state index contributed by atoms with van der Waals surface area (Å²) in [6.07, 6.45) is 10.1. The lowest BCUT2D eigenvalue weighted by molar-refractivity contribution is -0.147. The van der Waals surface area contributed by atoms with E-state index in [1.807, 2.05) is 24.3 Å². The van der Waals surface area contributed by atoms with Gasteiger partial charge in [-0.15, -0.1) is 0 Å². The SMILES string of the molecule is COC(=O)C(C)(N)CC/C=C/CN.COC(=O)C(C)(N)CC/C=C/CN=C(C)N. The third-order valence-corrected chi connectivity index (χ3v) is 3.88. The lowest BCUT2D eigenvalue weighted by atomic mass is 9.97. The van der Waals surface area contributed by atoms with Gasteiger partial charge < -0.3 is 32.4 Å². The van der Waals surface area contributed by atoms with Crippen LogP contribution in [0.2, 0.25) is 0 Å². The monoisotopic (exact) mass is 413 g/mol. The third-order valence-electron chi connectivity index (χ3n) is 3.88. The number of aliphatic imine (C=N–C) groups is 1. The highest BCUT2D eigenvalue weighted by molar-refractivity contribution is 5.80. The molecule has 9 nitrogen and oxygen atoms in total. The van der Waals surface area contributed by atoms with Crippen molar-refractivity contribution >= 4 is 17.8 Å². The van der Waals surface area contributed by atoms with Gasteiger partial charge in [-0.2, -0.15) is 0 Å². The van der Waals surface area contributed by atoms with E-state index in [1.165, 1.54) is 14.2 Å². The predicted molar refractivity (Wildman–Crippen MR) is 117 cm³/mol. The number of carbonyl (C=O) groups is 2. The van der Waals surface area contributed by atoms with Crippen LogP contribution >= 0.6 is 0 Å². The van der Waals surface area contributed by atoms with Gasteiger partial charge in [0, 0.05) is 6.54 Å². The van der Waals surface area contributed by atoms with Crippen LogP contribution in [-0.2, 0) is 19.1 Å². The number of allylic oxidation sites excluding steroid dienone is 2. The summed E-state index contributed by atoms with van der Waals surface area (Å²) >= 11 is 0. The number of methoxy groups -OCH3 is 2. The summed E-state index contributed by atoms with van der Waals surface area (Å²) in [7, 11) is 2.67. The molecule has 0 spiro atoms. The number of amidine groups is 1. The number of ether oxygens (including phenoxy) is 2. The van der Waals surface area contributed by atoms with Crippen molar-refractivity contribution in [2.24, 2.45) is 27.9 Å². The van der Waals surface area contributed by atoms with E-state index in [4.69, 9.17) is 22.9 Å². The normalized spacial score (nSPS) is 15.9. The van der Waals surface area contributed by atoms with Crippen molar-refractivity contribution in [1.82, 2.24) is 0 Å². The van der Waals surface area contributed by atoms with Gasteiger partial charge >= 0.3 is 11.9 Å². The van der Waals surface area contributed by atoms with Crippen molar-refractivity contribution in [1.29, 1.82) is 0 Å². The topological polar surface area (TPSA) is 169 Å². The van der Waals surface area contributed by atoms with Crippen LogP contribution in [0.25, 0.3) is 0 Å². The Morgan fingerprint density at radius 2 is 1.31 bits per heavy atom. The highest BCUT2D eigenvalue weighted by atomic mass is 16.5. The van der Waals surface area contributed by atoms with Crippen LogP contribution in [0, 0.1) is 0 Å². The molecule has 0 fully saturated rings. The zero-order valence-electron chi connectivity index (χ0n) is 18.4. The zero-order chi connectivity index (χ0) is 22.9. The summed E-state index contributed by atoms with van der Waals surface area (Å²) in [5.74, 6) is -0.215. The van der Waals surface area contributed by atoms with E-state index < -0.39 is 17.0 Å². The molecule has 0 saturated heterocycles. The molecule has 0 aromatic rings. The molecular weight excluding hydrogens is 374 g/mol. The van der Waals surface area contributed by atoms with Crippen molar-refractivity contribution < 1.29 is 19.1 Å². The van der Waals surface area contributed by atoms with Crippen LogP contribution in [-0.4, -0.2) is 56.2 Å². The quantitative estimate of drug-likeness (QED) is 0.166. The fourth-order valence-corrected chi connectivity index (χ4v) is 2.04. The summed E-state index contributed by atoms with van der Waals surface area (Å²) in [6.45, 7) is 6.13. The van der Waals surface area contributed by atoms with Crippen LogP contribution in [0.15, 0.2) is 29.3 Å². The molecule has 0 aliphatic heterocycles. The Morgan fingerprint density at radius 3 is 1.66 bits per heavy atom. The predicted octanol–water partition coefficient (Wildman–Crippen LogP) is 0.762. The molecule has 168 valence electrons. The van der Waals surface area contributed by atoms with Crippen LogP contribution in [0.3, 0.4) is 0 Å². The molecule has 9 heteroatoms. The maximum Gasteiger partial charge on any atom is 0.325 e. The van der Waals surface area contributed by atoms with Crippen LogP contribution in [0.4, 0.5) is 0 Å². The number of hydrogen-bond donors (Lipinski definition) is 4. The lowest BCUT2D eigenvalue weighted by Gasteiger charge is -2.20. The van der Waals surface area contributed by atoms with Crippen LogP contribution in [0.1, 0.15) is 46.5 Å². The molecule has 0 bridgehead atoms. The summed E-state index contributed by atoms with van der Waals surface area (Å²) in [5, 5.41) is 0. The summed E-state index contributed by atoms with van der Waals surface area (Å²) in [5.41, 5.74) is 20.3. The van der Waals surface area contributed by atoms with E-state index in [9.17, 15) is 9.59 Å². The van der Waals surface area contributed by atoms with Gasteiger partial charge in [-0.3, -0.25) is 14.6 Å². The Kier molecular flexibility index (Phi) is 15.7. The van der Waals surface area contributed by atoms with Gasteiger partial charge in [0.15, 0.2) is 0 Å². The first kappa shape index (κ1) is 29.0. The summed E-state index contributed by atoms with van der Waals surface area (Å²) in [4.78, 5) is 26.3. The molecule has 0 aliphatic rings. The molecule has 0 aliphatic carbocycles. The smallest absolute Gasteiger partial charge is 0.325 e. The molecule has 0 saturated carbocycles. The molecule has 2 unspecified atom stereocenters. The number of hydrogen-bond acceptors (Lipinski definition) is 8. The molecule has 0 rings (SSSR count). The molecule has 0 aromatic heterocycles. The Morgan fingerprint density at radius 1 is 0.897 bits per heavy atom. The number of nitrogens with two attached hydrogens (primary N) is 4. The van der Waals surface area contributed by atoms with Crippen molar-refractivity contribution in [3.05, 3.63) is 24.3 Å². The van der Waals surface area contributed by atoms with E-state index in [1.54, 1.807) is 20.8 Å². The minimum Gasteiger partial charge on any atom is -0.468 e. The number of rotatable bonds is 11. The van der Waals surface area contributed by atoms with Crippen molar-refractivity contribution in [3.8, 4) is 0 Å². The van der Waals surface area contributed by atoms with E-state index in [0.717, 1.165) is 6.42 Å². The number of nitrogens with zero attached hydrogens (tertiary/aromatic N) is 1. The second-order valence-electron chi connectivity index (χ2n) is 7.06. The minimum absolute atomic E-state index is 0.381. The van der Waals surface area contributed by atoms with Gasteiger partial charge in [0.25, 0.3) is 0 Å². The Bertz CT molecular complexity index is 565. The lowest BCUT2D eigenvalue weighted by Crippen LogP contribution is -2.45. The van der Waals surface area contributed by atoms with Crippen LogP contribution in [0.5, 0.6) is 0 Å². The first-order valence-electron chi connectivity index (χ1n) is 9.45. The zero-order valence-corrected chi connectivity index (χ0v) is 18.4. The van der Waals surface area contributed by atoms with Gasteiger partial charge in [-0.05, 0) is 46.5 Å². The standard InChI is InChI=1S/C11H21N3O2.C9H18N2O2/c1-9(12)14-8-6-4-5-7-11(2,13)10(15)16-3;1-9(11,8(12)13-2)6-4-3-5-7-10/h4,6H,5,7-8,13H2,1-3H3,(H2,12,14);3,5H,4,6-7,10-11H2,1-2H3/b6-4+;5-3+. The van der Waals surface area contributed by atoms with E-state index >= 15 is 0 Å². The number of carbonyl (C=O) groups excluding carboxylic acids is 2. The van der Waals surface area contributed by atoms with Gasteiger partial charge in [-0.1, -0.05) is 24.3 Å². The molecular formula is C20H39N5O4. The van der Waals surface area contributed by atoms with Crippen molar-refractivity contribution in [3.63, 3.8) is 0 Å². The second kappa shape index (κ2) is 15.7. The molecule has 0 heterocycles. The highest BCUT2D eigenvalue weighted by Crippen LogP contribution is 2.11. The van der Waals surface area contributed by atoms with Crippen LogP contribution < -0.4 is 22.9 Å². The second-order valence-corrected chi connectivity index (χ2v) is 7.06. The summed E-state index contributed by atoms with van der Waals surface area (Å²) in [6, 6.07) is 0. The average Bonchev–Trinajstić information content (AvgIpc) is 2.66. The van der Waals surface area contributed by atoms with E-state index in [2.05, 4.69) is 14.5 Å². The maximum atomic E-state index is 11.2. The summed E-state index contributed by atoms with van der Waals surface area (Å²) < 4.78 is 9.16. The Balaban J connectivity index is 0. The Labute approximate surface area is 174 Å². The van der Waals surface area contributed by atoms with Crippen molar-refractivity contribution in [2.45, 2.75) is 57.5 Å².